The predicted molar refractivity (Wildman–Crippen MR) is 163 cm³/mol. The van der Waals surface area contributed by atoms with Crippen LogP contribution in [0.3, 0.4) is 0 Å². The lowest BCUT2D eigenvalue weighted by Gasteiger charge is -2.30. The highest BCUT2D eigenvalue weighted by Gasteiger charge is 2.32. The van der Waals surface area contributed by atoms with Gasteiger partial charge in [-0.05, 0) is 65.9 Å². The summed E-state index contributed by atoms with van der Waals surface area (Å²) in [7, 11) is 3.08. The van der Waals surface area contributed by atoms with E-state index in [1.165, 1.54) is 30.1 Å². The van der Waals surface area contributed by atoms with Gasteiger partial charge in [-0.3, -0.25) is 19.5 Å². The minimum Gasteiger partial charge on any atom is -0.497 e. The van der Waals surface area contributed by atoms with E-state index in [4.69, 9.17) is 18.9 Å². The van der Waals surface area contributed by atoms with Gasteiger partial charge in [-0.15, -0.1) is 0 Å². The highest BCUT2D eigenvalue weighted by atomic mass is 32.1. The van der Waals surface area contributed by atoms with Gasteiger partial charge < -0.3 is 13.9 Å². The van der Waals surface area contributed by atoms with E-state index in [9.17, 15) is 14.9 Å². The van der Waals surface area contributed by atoms with E-state index in [2.05, 4.69) is 12.1 Å². The minimum absolute atomic E-state index is 0.134. The van der Waals surface area contributed by atoms with E-state index in [1.807, 2.05) is 36.4 Å². The van der Waals surface area contributed by atoms with Crippen molar-refractivity contribution in [2.24, 2.45) is 4.99 Å². The van der Waals surface area contributed by atoms with Crippen molar-refractivity contribution in [3.8, 4) is 22.8 Å². The molecular formula is C33H25N3O6S. The molecule has 0 N–H and O–H groups in total. The average Bonchev–Trinajstić information content (AvgIpc) is 3.63. The molecule has 0 bridgehead atoms. The van der Waals surface area contributed by atoms with Crippen LogP contribution in [0.25, 0.3) is 23.1 Å². The Hall–Kier alpha value is -5.22. The number of fused-ring (bicyclic) bond motifs is 3. The van der Waals surface area contributed by atoms with Crippen LogP contribution in [0.1, 0.15) is 34.9 Å². The number of benzene rings is 3. The molecule has 1 aliphatic carbocycles. The van der Waals surface area contributed by atoms with Crippen molar-refractivity contribution in [1.29, 1.82) is 0 Å². The van der Waals surface area contributed by atoms with Gasteiger partial charge in [-0.2, -0.15) is 0 Å². The lowest BCUT2D eigenvalue weighted by molar-refractivity contribution is -0.384. The van der Waals surface area contributed by atoms with Gasteiger partial charge in [0.1, 0.15) is 23.0 Å². The molecule has 1 atom stereocenters. The number of hydrogen-bond acceptors (Lipinski definition) is 8. The molecule has 2 aliphatic rings. The highest BCUT2D eigenvalue weighted by Crippen LogP contribution is 2.41. The molecule has 7 rings (SSSR count). The topological polar surface area (TPSA) is 109 Å². The number of ether oxygens (including phenoxy) is 2. The van der Waals surface area contributed by atoms with Crippen LogP contribution in [-0.4, -0.2) is 23.7 Å². The van der Waals surface area contributed by atoms with Crippen molar-refractivity contribution in [2.45, 2.75) is 18.9 Å². The quantitative estimate of drug-likeness (QED) is 0.191. The molecule has 2 aromatic heterocycles. The third-order valence-electron chi connectivity index (χ3n) is 7.87. The van der Waals surface area contributed by atoms with Crippen molar-refractivity contribution >= 4 is 28.8 Å². The number of nitro benzene ring substituents is 1. The summed E-state index contributed by atoms with van der Waals surface area (Å²) in [5.74, 6) is 1.84. The number of allylic oxidation sites excluding steroid dienone is 1. The third-order valence-corrected chi connectivity index (χ3v) is 8.85. The van der Waals surface area contributed by atoms with Crippen LogP contribution < -0.4 is 24.4 Å². The Labute approximate surface area is 249 Å². The van der Waals surface area contributed by atoms with E-state index >= 15 is 0 Å². The molecule has 10 heteroatoms. The predicted octanol–water partition coefficient (Wildman–Crippen LogP) is 5.50. The first-order chi connectivity index (χ1) is 20.9. The van der Waals surface area contributed by atoms with Crippen LogP contribution in [0.2, 0.25) is 0 Å². The van der Waals surface area contributed by atoms with Crippen LogP contribution in [0, 0.1) is 10.1 Å². The monoisotopic (exact) mass is 591 g/mol. The molecule has 43 heavy (non-hydrogen) atoms. The van der Waals surface area contributed by atoms with Crippen molar-refractivity contribution in [3.63, 3.8) is 0 Å². The van der Waals surface area contributed by atoms with Crippen LogP contribution in [0.15, 0.2) is 98.6 Å². The number of nitrogens with zero attached hydrogens (tertiary/aromatic N) is 3. The zero-order valence-corrected chi connectivity index (χ0v) is 24.1. The molecule has 9 nitrogen and oxygen atoms in total. The van der Waals surface area contributed by atoms with Gasteiger partial charge in [0, 0.05) is 11.6 Å². The Morgan fingerprint density at radius 3 is 2.51 bits per heavy atom. The standard InChI is InChI=1S/C33H25N3O6S/c1-40-21-10-7-20(8-11-21)31-26-14-9-19-5-3-4-6-24(19)30(26)34-33-35(31)32(37)29(43-33)18-23-13-16-28(42-23)25-15-12-22(41-2)17-27(25)36(38)39/h3-8,10-13,15-18,31H,9,14H2,1-2H3/b29-18-/t31-/m0/s1. The van der Waals surface area contributed by atoms with Crippen molar-refractivity contribution in [1.82, 2.24) is 4.57 Å². The summed E-state index contributed by atoms with van der Waals surface area (Å²) in [6, 6.07) is 23.7. The van der Waals surface area contributed by atoms with E-state index in [1.54, 1.807) is 42.0 Å². The third kappa shape index (κ3) is 4.56. The van der Waals surface area contributed by atoms with Crippen LogP contribution in [-0.2, 0) is 6.42 Å². The number of methoxy groups -OCH3 is 2. The molecule has 0 fully saturated rings. The fourth-order valence-corrected chi connectivity index (χ4v) is 6.79. The smallest absolute Gasteiger partial charge is 0.284 e. The summed E-state index contributed by atoms with van der Waals surface area (Å²) in [5.41, 5.74) is 5.34. The molecule has 3 heterocycles. The van der Waals surface area contributed by atoms with Gasteiger partial charge in [0.05, 0.1) is 47.0 Å². The van der Waals surface area contributed by atoms with Gasteiger partial charge >= 0.3 is 0 Å². The van der Waals surface area contributed by atoms with Gasteiger partial charge in [0.25, 0.3) is 11.2 Å². The number of aryl methyl sites for hydroxylation is 1. The van der Waals surface area contributed by atoms with Gasteiger partial charge in [-0.1, -0.05) is 47.7 Å². The number of furan rings is 1. The SMILES string of the molecule is COc1ccc([C@H]2C3=C(N=c4s/c(=C\c5ccc(-c6ccc(OC)cc6[N+](=O)[O-])o5)c(=O)n42)c2ccccc2CC3)cc1. The van der Waals surface area contributed by atoms with E-state index in [-0.39, 0.29) is 17.3 Å². The second kappa shape index (κ2) is 10.6. The largest absolute Gasteiger partial charge is 0.497 e. The average molecular weight is 592 g/mol. The minimum atomic E-state index is -0.475. The van der Waals surface area contributed by atoms with Crippen molar-refractivity contribution in [3.05, 3.63) is 137 Å². The Morgan fingerprint density at radius 1 is 0.977 bits per heavy atom. The Morgan fingerprint density at radius 2 is 1.74 bits per heavy atom. The Bertz CT molecular complexity index is 2120. The first-order valence-corrected chi connectivity index (χ1v) is 14.5. The second-order valence-electron chi connectivity index (χ2n) is 10.2. The fourth-order valence-electron chi connectivity index (χ4n) is 5.81. The van der Waals surface area contributed by atoms with E-state index in [0.717, 1.165) is 41.0 Å². The summed E-state index contributed by atoms with van der Waals surface area (Å²) in [6.45, 7) is 0. The molecule has 0 unspecified atom stereocenters. The first-order valence-electron chi connectivity index (χ1n) is 13.6. The van der Waals surface area contributed by atoms with Gasteiger partial charge in [0.15, 0.2) is 4.80 Å². The molecule has 1 aliphatic heterocycles. The Kier molecular flexibility index (Phi) is 6.55. The van der Waals surface area contributed by atoms with Gasteiger partial charge in [-0.25, -0.2) is 4.99 Å². The number of thiazole rings is 1. The first kappa shape index (κ1) is 26.7. The molecule has 5 aromatic rings. The number of hydrogen-bond donors (Lipinski definition) is 0. The van der Waals surface area contributed by atoms with E-state index < -0.39 is 4.92 Å². The normalized spacial score (nSPS) is 15.8. The molecule has 0 saturated carbocycles. The lowest BCUT2D eigenvalue weighted by Crippen LogP contribution is -2.38. The second-order valence-corrected chi connectivity index (χ2v) is 11.2. The summed E-state index contributed by atoms with van der Waals surface area (Å²) >= 11 is 1.30. The van der Waals surface area contributed by atoms with Crippen LogP contribution >= 0.6 is 11.3 Å². The molecule has 214 valence electrons. The van der Waals surface area contributed by atoms with Crippen molar-refractivity contribution < 1.29 is 18.8 Å². The summed E-state index contributed by atoms with van der Waals surface area (Å²) in [5, 5.41) is 11.7. The molecule has 0 radical (unpaired) electrons. The molecule has 0 saturated heterocycles. The van der Waals surface area contributed by atoms with Crippen LogP contribution in [0.5, 0.6) is 11.5 Å². The Balaban J connectivity index is 1.37. The maximum atomic E-state index is 14.0. The van der Waals surface area contributed by atoms with Gasteiger partial charge in [0.2, 0.25) is 0 Å². The zero-order valence-electron chi connectivity index (χ0n) is 23.3. The van der Waals surface area contributed by atoms with Crippen molar-refractivity contribution in [2.75, 3.05) is 14.2 Å². The summed E-state index contributed by atoms with van der Waals surface area (Å²) in [4.78, 5) is 30.9. The number of nitro groups is 1. The maximum absolute atomic E-state index is 14.0. The number of rotatable bonds is 6. The highest BCUT2D eigenvalue weighted by molar-refractivity contribution is 7.07. The maximum Gasteiger partial charge on any atom is 0.284 e. The summed E-state index contributed by atoms with van der Waals surface area (Å²) in [6.07, 6.45) is 3.33. The lowest BCUT2D eigenvalue weighted by atomic mass is 9.83. The molecule has 0 spiro atoms. The molecular weight excluding hydrogens is 566 g/mol. The van der Waals surface area contributed by atoms with E-state index in [0.29, 0.717) is 32.2 Å². The summed E-state index contributed by atoms with van der Waals surface area (Å²) < 4.78 is 18.8. The molecule has 3 aromatic carbocycles. The zero-order chi connectivity index (χ0) is 29.7. The van der Waals surface area contributed by atoms with Crippen LogP contribution in [0.4, 0.5) is 5.69 Å². The molecule has 0 amide bonds. The fraction of sp³-hybridized carbons (Fsp3) is 0.152. The number of aromatic nitrogens is 1.